The highest BCUT2D eigenvalue weighted by molar-refractivity contribution is 8.00. The second-order valence-corrected chi connectivity index (χ2v) is 12.2. The molecular formula is C30H38F2N6O8S. The summed E-state index contributed by atoms with van der Waals surface area (Å²) in [5.41, 5.74) is -0.429. The summed E-state index contributed by atoms with van der Waals surface area (Å²) in [5.74, 6) is -0.923. The molecule has 0 aliphatic rings. The van der Waals surface area contributed by atoms with E-state index in [1.54, 1.807) is 19.1 Å². The maximum atomic E-state index is 13.7. The number of hydrogen-bond acceptors (Lipinski definition) is 13. The van der Waals surface area contributed by atoms with Crippen molar-refractivity contribution in [1.29, 1.82) is 0 Å². The van der Waals surface area contributed by atoms with Gasteiger partial charge >= 0.3 is 0 Å². The second kappa shape index (κ2) is 17.1. The Labute approximate surface area is 273 Å². The van der Waals surface area contributed by atoms with Crippen molar-refractivity contribution in [3.05, 3.63) is 72.6 Å². The van der Waals surface area contributed by atoms with E-state index in [-0.39, 0.29) is 6.54 Å². The Morgan fingerprint density at radius 3 is 1.94 bits per heavy atom. The van der Waals surface area contributed by atoms with Gasteiger partial charge < -0.3 is 40.1 Å². The molecule has 47 heavy (non-hydrogen) atoms. The number of thioether (sulfide) groups is 1. The van der Waals surface area contributed by atoms with Crippen LogP contribution in [-0.4, -0.2) is 122 Å². The summed E-state index contributed by atoms with van der Waals surface area (Å²) in [6, 6.07) is 10.3. The van der Waals surface area contributed by atoms with Gasteiger partial charge in [0.2, 0.25) is 0 Å². The third-order valence-electron chi connectivity index (χ3n) is 7.18. The van der Waals surface area contributed by atoms with Gasteiger partial charge in [-0.25, -0.2) is 18.1 Å². The zero-order valence-electron chi connectivity index (χ0n) is 25.6. The number of rotatable bonds is 18. The Bertz CT molecular complexity index is 1550. The minimum absolute atomic E-state index is 0.150. The maximum absolute atomic E-state index is 13.7. The number of halogens is 2. The van der Waals surface area contributed by atoms with E-state index in [1.165, 1.54) is 65.1 Å². The van der Waals surface area contributed by atoms with Crippen LogP contribution in [0.3, 0.4) is 0 Å². The maximum Gasteiger partial charge on any atom is 0.133 e. The molecule has 256 valence electrons. The predicted molar refractivity (Wildman–Crippen MR) is 165 cm³/mol. The van der Waals surface area contributed by atoms with E-state index in [9.17, 15) is 39.4 Å². The summed E-state index contributed by atoms with van der Waals surface area (Å²) in [5, 5.41) is 78.3. The van der Waals surface area contributed by atoms with Crippen LogP contribution in [0.1, 0.15) is 19.9 Å². The lowest BCUT2D eigenvalue weighted by molar-refractivity contribution is -0.105. The van der Waals surface area contributed by atoms with E-state index < -0.39 is 78.9 Å². The summed E-state index contributed by atoms with van der Waals surface area (Å²) >= 11 is 0.934. The molecule has 0 saturated carbocycles. The minimum atomic E-state index is -1.50. The van der Waals surface area contributed by atoms with Crippen molar-refractivity contribution in [2.24, 2.45) is 0 Å². The fourth-order valence-corrected chi connectivity index (χ4v) is 5.71. The molecule has 2 aromatic heterocycles. The van der Waals surface area contributed by atoms with Gasteiger partial charge in [0, 0.05) is 11.1 Å². The normalized spacial score (nSPS) is 17.1. The van der Waals surface area contributed by atoms with Gasteiger partial charge in [0.05, 0.1) is 44.9 Å². The summed E-state index contributed by atoms with van der Waals surface area (Å²) in [6.07, 6.45) is -3.32. The highest BCUT2D eigenvalue weighted by atomic mass is 32.2. The quantitative estimate of drug-likeness (QED) is 0.0813. The SMILES string of the molecule is C[C@@H](OC(CO)C(O)[C@H](CO)n1cc(-c2cccc(F)c2)nn1)SC(OC(CO)[C@@H](C)O)[C@@H](O)Cn1cc(-c2cccc(F)c2)nn1. The second-order valence-electron chi connectivity index (χ2n) is 10.8. The number of aromatic nitrogens is 6. The van der Waals surface area contributed by atoms with Crippen molar-refractivity contribution in [3.8, 4) is 22.5 Å². The number of benzene rings is 2. The van der Waals surface area contributed by atoms with Crippen molar-refractivity contribution in [2.75, 3.05) is 19.8 Å². The fraction of sp³-hybridized carbons (Fsp3) is 0.467. The zero-order chi connectivity index (χ0) is 34.1. The summed E-state index contributed by atoms with van der Waals surface area (Å²) in [4.78, 5) is 0. The van der Waals surface area contributed by atoms with Crippen molar-refractivity contribution in [1.82, 2.24) is 30.0 Å². The molecule has 0 saturated heterocycles. The number of ether oxygens (including phenoxy) is 2. The molecule has 0 bridgehead atoms. The third-order valence-corrected chi connectivity index (χ3v) is 8.37. The lowest BCUT2D eigenvalue weighted by Gasteiger charge is -2.33. The first-order chi connectivity index (χ1) is 22.5. The van der Waals surface area contributed by atoms with Crippen molar-refractivity contribution in [2.45, 2.75) is 67.8 Å². The Balaban J connectivity index is 1.45. The molecule has 17 heteroatoms. The smallest absolute Gasteiger partial charge is 0.133 e. The van der Waals surface area contributed by atoms with Crippen LogP contribution in [0.5, 0.6) is 0 Å². The first-order valence-corrected chi connectivity index (χ1v) is 15.6. The Kier molecular flexibility index (Phi) is 13.3. The molecule has 0 amide bonds. The van der Waals surface area contributed by atoms with Crippen LogP contribution in [0, 0.1) is 11.6 Å². The third kappa shape index (κ3) is 9.82. The number of aliphatic hydroxyl groups is 6. The number of aliphatic hydroxyl groups excluding tert-OH is 6. The Morgan fingerprint density at radius 2 is 1.38 bits per heavy atom. The van der Waals surface area contributed by atoms with E-state index in [0.717, 1.165) is 11.8 Å². The first kappa shape index (κ1) is 36.4. The molecule has 14 nitrogen and oxygen atoms in total. The molecular weight excluding hydrogens is 642 g/mol. The average Bonchev–Trinajstić information content (AvgIpc) is 3.72. The van der Waals surface area contributed by atoms with Crippen molar-refractivity contribution < 1.29 is 48.9 Å². The van der Waals surface area contributed by atoms with Crippen LogP contribution < -0.4 is 0 Å². The molecule has 0 radical (unpaired) electrons. The van der Waals surface area contributed by atoms with E-state index in [0.29, 0.717) is 22.5 Å². The first-order valence-electron chi connectivity index (χ1n) is 14.7. The van der Waals surface area contributed by atoms with Crippen LogP contribution >= 0.6 is 11.8 Å². The largest absolute Gasteiger partial charge is 0.394 e. The van der Waals surface area contributed by atoms with Gasteiger partial charge in [-0.1, -0.05) is 46.5 Å². The predicted octanol–water partition coefficient (Wildman–Crippen LogP) is 0.978. The van der Waals surface area contributed by atoms with Gasteiger partial charge in [0.1, 0.15) is 64.4 Å². The average molecular weight is 681 g/mol. The minimum Gasteiger partial charge on any atom is -0.394 e. The highest BCUT2D eigenvalue weighted by Gasteiger charge is 2.34. The van der Waals surface area contributed by atoms with E-state index in [4.69, 9.17) is 9.47 Å². The van der Waals surface area contributed by atoms with Gasteiger partial charge in [-0.05, 0) is 38.1 Å². The van der Waals surface area contributed by atoms with Crippen LogP contribution in [0.2, 0.25) is 0 Å². The summed E-state index contributed by atoms with van der Waals surface area (Å²) in [7, 11) is 0. The molecule has 2 heterocycles. The van der Waals surface area contributed by atoms with Gasteiger partial charge in [-0.2, -0.15) is 0 Å². The van der Waals surface area contributed by atoms with Gasteiger partial charge in [-0.3, -0.25) is 0 Å². The van der Waals surface area contributed by atoms with Crippen molar-refractivity contribution in [3.63, 3.8) is 0 Å². The number of hydrogen-bond donors (Lipinski definition) is 6. The molecule has 0 fully saturated rings. The van der Waals surface area contributed by atoms with Gasteiger partial charge in [-0.15, -0.1) is 10.2 Å². The fourth-order valence-electron chi connectivity index (χ4n) is 4.65. The van der Waals surface area contributed by atoms with Crippen LogP contribution in [0.15, 0.2) is 60.9 Å². The summed E-state index contributed by atoms with van der Waals surface area (Å²) in [6.45, 7) is 0.994. The molecule has 0 aliphatic heterocycles. The molecule has 4 unspecified atom stereocenters. The van der Waals surface area contributed by atoms with Crippen LogP contribution in [-0.2, 0) is 16.0 Å². The molecule has 0 aliphatic carbocycles. The van der Waals surface area contributed by atoms with E-state index >= 15 is 0 Å². The monoisotopic (exact) mass is 680 g/mol. The van der Waals surface area contributed by atoms with Crippen LogP contribution in [0.25, 0.3) is 22.5 Å². The standard InChI is InChI=1S/C30H38F2N6O8S/c1-17(42)27(15-40)46-30(26(43)13-37-11-23(33-35-37)19-5-3-7-21(31)9-19)47-18(2)45-28(16-41)29(44)25(14-39)38-12-24(34-36-38)20-6-4-8-22(32)10-20/h3-12,17-18,25-30,39-44H,13-16H2,1-2H3/t17-,18+,25+,26+,27?,28?,29?,30?/m1/s1. The Hall–Kier alpha value is -3.39. The molecule has 6 N–H and O–H groups in total. The van der Waals surface area contributed by atoms with Gasteiger partial charge in [0.15, 0.2) is 0 Å². The molecule has 4 rings (SSSR count). The van der Waals surface area contributed by atoms with Crippen LogP contribution in [0.4, 0.5) is 8.78 Å². The molecule has 4 aromatic rings. The number of nitrogens with zero attached hydrogens (tertiary/aromatic N) is 6. The van der Waals surface area contributed by atoms with E-state index in [2.05, 4.69) is 20.6 Å². The van der Waals surface area contributed by atoms with E-state index in [1.807, 2.05) is 0 Å². The molecule has 8 atom stereocenters. The Morgan fingerprint density at radius 1 is 0.787 bits per heavy atom. The lowest BCUT2D eigenvalue weighted by atomic mass is 10.1. The topological polar surface area (TPSA) is 201 Å². The molecule has 0 spiro atoms. The van der Waals surface area contributed by atoms with Gasteiger partial charge in [0.25, 0.3) is 0 Å². The lowest BCUT2D eigenvalue weighted by Crippen LogP contribution is -2.43. The summed E-state index contributed by atoms with van der Waals surface area (Å²) < 4.78 is 41.6. The van der Waals surface area contributed by atoms with Crippen molar-refractivity contribution >= 4 is 11.8 Å². The highest BCUT2D eigenvalue weighted by Crippen LogP contribution is 2.29. The zero-order valence-corrected chi connectivity index (χ0v) is 26.4. The molecule has 2 aromatic carbocycles.